The van der Waals surface area contributed by atoms with Crippen LogP contribution in [0.5, 0.6) is 5.75 Å². The number of nitrogens with two attached hydrogens (primary N) is 4. The van der Waals surface area contributed by atoms with Gasteiger partial charge in [0.05, 0.1) is 6.04 Å². The topological polar surface area (TPSA) is 261 Å². The number of amides is 3. The molecule has 2 aromatic rings. The molecule has 0 aliphatic heterocycles. The van der Waals surface area contributed by atoms with E-state index in [2.05, 4.69) is 20.9 Å². The first-order chi connectivity index (χ1) is 21.0. The Hall–Kier alpha value is -4.69. The summed E-state index contributed by atoms with van der Waals surface area (Å²) in [4.78, 5) is 55.8. The van der Waals surface area contributed by atoms with Gasteiger partial charge in [-0.3, -0.25) is 19.4 Å². The molecule has 3 amide bonds. The Bertz CT molecular complexity index is 1240. The summed E-state index contributed by atoms with van der Waals surface area (Å²) in [6.45, 7) is 0.626. The van der Waals surface area contributed by atoms with Crippen LogP contribution in [0.1, 0.15) is 43.2 Å². The molecule has 0 aromatic heterocycles. The van der Waals surface area contributed by atoms with Crippen molar-refractivity contribution in [2.45, 2.75) is 69.1 Å². The van der Waals surface area contributed by atoms with Crippen LogP contribution in [0.3, 0.4) is 0 Å². The molecule has 0 saturated heterocycles. The fourth-order valence-electron chi connectivity index (χ4n) is 4.36. The van der Waals surface area contributed by atoms with E-state index in [1.54, 1.807) is 42.5 Å². The highest BCUT2D eigenvalue weighted by Gasteiger charge is 2.30. The number of hydrogen-bond donors (Lipinski definition) is 9. The zero-order valence-corrected chi connectivity index (χ0v) is 24.7. The van der Waals surface area contributed by atoms with Gasteiger partial charge in [0.1, 0.15) is 23.9 Å². The van der Waals surface area contributed by atoms with Gasteiger partial charge in [0.2, 0.25) is 17.7 Å². The monoisotopic (exact) mass is 612 g/mol. The van der Waals surface area contributed by atoms with Crippen LogP contribution >= 0.6 is 0 Å². The molecule has 240 valence electrons. The van der Waals surface area contributed by atoms with Crippen molar-refractivity contribution in [3.8, 4) is 5.75 Å². The minimum absolute atomic E-state index is 0.0260. The molecule has 0 heterocycles. The van der Waals surface area contributed by atoms with Crippen LogP contribution in [0.4, 0.5) is 0 Å². The first kappa shape index (κ1) is 35.5. The Kier molecular flexibility index (Phi) is 15.1. The van der Waals surface area contributed by atoms with E-state index >= 15 is 0 Å². The standard InChI is InChI=1S/C30H44N8O6/c31-15-5-4-9-22(32)26(40)37-24(17-20-11-13-21(39)14-12-20)28(42)36-23(10-6-16-35-30(33)34)27(41)38-25(29(43)44)18-19-7-2-1-3-8-19/h1-3,7-8,11-14,22-25,39H,4-6,9-10,15-18,31-32H2,(H,36,42)(H,37,40)(H,38,41)(H,43,44)(H4,33,34,35). The van der Waals surface area contributed by atoms with Crippen LogP contribution < -0.4 is 38.9 Å². The molecule has 2 rings (SSSR count). The first-order valence-electron chi connectivity index (χ1n) is 14.5. The summed E-state index contributed by atoms with van der Waals surface area (Å²) < 4.78 is 0. The lowest BCUT2D eigenvalue weighted by Gasteiger charge is -2.25. The van der Waals surface area contributed by atoms with Gasteiger partial charge in [-0.15, -0.1) is 0 Å². The van der Waals surface area contributed by atoms with Gasteiger partial charge in [0.15, 0.2) is 5.96 Å². The number of carboxylic acids is 1. The lowest BCUT2D eigenvalue weighted by molar-refractivity contribution is -0.142. The molecule has 0 saturated carbocycles. The predicted octanol–water partition coefficient (Wildman–Crippen LogP) is -0.774. The lowest BCUT2D eigenvalue weighted by Crippen LogP contribution is -2.57. The molecule has 2 aromatic carbocycles. The van der Waals surface area contributed by atoms with Gasteiger partial charge in [-0.2, -0.15) is 0 Å². The van der Waals surface area contributed by atoms with E-state index in [0.29, 0.717) is 36.9 Å². The van der Waals surface area contributed by atoms with Gasteiger partial charge < -0.3 is 49.1 Å². The second-order valence-electron chi connectivity index (χ2n) is 10.4. The fourth-order valence-corrected chi connectivity index (χ4v) is 4.36. The number of phenolic OH excluding ortho intramolecular Hbond substituents is 1. The Labute approximate surface area is 256 Å². The molecular formula is C30H44N8O6. The van der Waals surface area contributed by atoms with Crippen molar-refractivity contribution in [1.82, 2.24) is 16.0 Å². The third-order valence-electron chi connectivity index (χ3n) is 6.79. The SMILES string of the molecule is NCCCCC(N)C(=O)NC(Cc1ccc(O)cc1)C(=O)NC(CCCN=C(N)N)C(=O)NC(Cc1ccccc1)C(=O)O. The number of carbonyl (C=O) groups excluding carboxylic acids is 3. The predicted molar refractivity (Wildman–Crippen MR) is 166 cm³/mol. The molecule has 44 heavy (non-hydrogen) atoms. The van der Waals surface area contributed by atoms with Crippen molar-refractivity contribution >= 4 is 29.7 Å². The van der Waals surface area contributed by atoms with Crippen molar-refractivity contribution in [2.75, 3.05) is 13.1 Å². The number of aliphatic carboxylic acids is 1. The number of nitrogens with one attached hydrogen (secondary N) is 3. The highest BCUT2D eigenvalue weighted by atomic mass is 16.4. The summed E-state index contributed by atoms with van der Waals surface area (Å²) in [5.41, 5.74) is 23.7. The number of benzene rings is 2. The summed E-state index contributed by atoms with van der Waals surface area (Å²) in [5, 5.41) is 27.3. The molecule has 4 atom stereocenters. The van der Waals surface area contributed by atoms with Crippen LogP contribution in [-0.2, 0) is 32.0 Å². The lowest BCUT2D eigenvalue weighted by atomic mass is 10.0. The van der Waals surface area contributed by atoms with Gasteiger partial charge >= 0.3 is 5.97 Å². The number of phenols is 1. The van der Waals surface area contributed by atoms with E-state index in [9.17, 15) is 29.4 Å². The van der Waals surface area contributed by atoms with Crippen molar-refractivity contribution < 1.29 is 29.4 Å². The Morgan fingerprint density at radius 3 is 1.91 bits per heavy atom. The number of guanidine groups is 1. The van der Waals surface area contributed by atoms with Crippen LogP contribution in [-0.4, -0.2) is 77.1 Å². The molecule has 0 aliphatic carbocycles. The van der Waals surface area contributed by atoms with E-state index in [0.717, 1.165) is 0 Å². The number of carboxylic acid groups (broad SMARTS) is 1. The summed E-state index contributed by atoms with van der Waals surface area (Å²) in [7, 11) is 0. The number of aromatic hydroxyl groups is 1. The Morgan fingerprint density at radius 2 is 1.30 bits per heavy atom. The zero-order valence-electron chi connectivity index (χ0n) is 24.7. The van der Waals surface area contributed by atoms with Crippen molar-refractivity contribution in [3.63, 3.8) is 0 Å². The van der Waals surface area contributed by atoms with E-state index in [1.807, 2.05) is 0 Å². The minimum Gasteiger partial charge on any atom is -0.508 e. The molecule has 0 radical (unpaired) electrons. The third kappa shape index (κ3) is 13.1. The van der Waals surface area contributed by atoms with E-state index < -0.39 is 47.9 Å². The maximum atomic E-state index is 13.6. The molecule has 0 spiro atoms. The quantitative estimate of drug-likeness (QED) is 0.0543. The summed E-state index contributed by atoms with van der Waals surface area (Å²) in [5.74, 6) is -3.31. The van der Waals surface area contributed by atoms with Gasteiger partial charge in [-0.05, 0) is 55.5 Å². The molecule has 0 aliphatic rings. The van der Waals surface area contributed by atoms with Crippen LogP contribution in [0.2, 0.25) is 0 Å². The minimum atomic E-state index is -1.26. The first-order valence-corrected chi connectivity index (χ1v) is 14.5. The average Bonchev–Trinajstić information content (AvgIpc) is 2.99. The highest BCUT2D eigenvalue weighted by Crippen LogP contribution is 2.13. The number of carbonyl (C=O) groups is 4. The van der Waals surface area contributed by atoms with Crippen molar-refractivity contribution in [2.24, 2.45) is 27.9 Å². The van der Waals surface area contributed by atoms with E-state index in [-0.39, 0.29) is 43.9 Å². The number of hydrogen-bond acceptors (Lipinski definition) is 8. The molecule has 4 unspecified atom stereocenters. The molecule has 0 bridgehead atoms. The average molecular weight is 613 g/mol. The largest absolute Gasteiger partial charge is 0.508 e. The van der Waals surface area contributed by atoms with Gasteiger partial charge in [-0.25, -0.2) is 4.79 Å². The third-order valence-corrected chi connectivity index (χ3v) is 6.79. The fraction of sp³-hybridized carbons (Fsp3) is 0.433. The molecular weight excluding hydrogens is 568 g/mol. The van der Waals surface area contributed by atoms with E-state index in [4.69, 9.17) is 22.9 Å². The summed E-state index contributed by atoms with van der Waals surface area (Å²) in [6.07, 6.45) is 2.10. The maximum absolute atomic E-state index is 13.6. The van der Waals surface area contributed by atoms with Crippen molar-refractivity contribution in [1.29, 1.82) is 0 Å². The van der Waals surface area contributed by atoms with Gasteiger partial charge in [0.25, 0.3) is 0 Å². The number of unbranched alkanes of at least 4 members (excludes halogenated alkanes) is 1. The van der Waals surface area contributed by atoms with Gasteiger partial charge in [0, 0.05) is 19.4 Å². The maximum Gasteiger partial charge on any atom is 0.326 e. The molecule has 0 fully saturated rings. The van der Waals surface area contributed by atoms with E-state index in [1.165, 1.54) is 12.1 Å². The Morgan fingerprint density at radius 1 is 0.727 bits per heavy atom. The van der Waals surface area contributed by atoms with Crippen molar-refractivity contribution in [3.05, 3.63) is 65.7 Å². The van der Waals surface area contributed by atoms with Crippen LogP contribution in [0.25, 0.3) is 0 Å². The highest BCUT2D eigenvalue weighted by molar-refractivity contribution is 5.94. The van der Waals surface area contributed by atoms with Crippen LogP contribution in [0, 0.1) is 0 Å². The molecule has 14 heteroatoms. The zero-order chi connectivity index (χ0) is 32.5. The molecule has 14 nitrogen and oxygen atoms in total. The number of nitrogens with zero attached hydrogens (tertiary/aromatic N) is 1. The summed E-state index contributed by atoms with van der Waals surface area (Å²) in [6, 6.07) is 10.4. The van der Waals surface area contributed by atoms with Crippen LogP contribution in [0.15, 0.2) is 59.6 Å². The normalized spacial score (nSPS) is 13.5. The smallest absolute Gasteiger partial charge is 0.326 e. The van der Waals surface area contributed by atoms with Gasteiger partial charge in [-0.1, -0.05) is 48.9 Å². The summed E-state index contributed by atoms with van der Waals surface area (Å²) >= 11 is 0. The molecule has 13 N–H and O–H groups in total. The Balaban J connectivity index is 2.26. The second kappa shape index (κ2) is 18.8. The number of rotatable bonds is 19. The second-order valence-corrected chi connectivity index (χ2v) is 10.4. The number of aliphatic imine (C=N–C) groups is 1.